The highest BCUT2D eigenvalue weighted by Crippen LogP contribution is 2.30. The van der Waals surface area contributed by atoms with Gasteiger partial charge in [0.1, 0.15) is 33.0 Å². The van der Waals surface area contributed by atoms with Crippen LogP contribution in [0.1, 0.15) is 46.5 Å². The molecule has 274 valence electrons. The Balaban J connectivity index is 3.01. The van der Waals surface area contributed by atoms with E-state index in [4.69, 9.17) is 38.3 Å². The molecule has 0 aromatic heterocycles. The van der Waals surface area contributed by atoms with Crippen molar-refractivity contribution in [2.24, 2.45) is 23.7 Å². The van der Waals surface area contributed by atoms with Crippen LogP contribution in [0, 0.1) is 23.7 Å². The summed E-state index contributed by atoms with van der Waals surface area (Å²) in [6.45, 7) is 8.66. The lowest BCUT2D eigenvalue weighted by Crippen LogP contribution is -2.45. The molecule has 0 spiro atoms. The maximum absolute atomic E-state index is 13.8. The first kappa shape index (κ1) is 42.3. The summed E-state index contributed by atoms with van der Waals surface area (Å²) in [5.41, 5.74) is 0.219. The first-order valence-electron chi connectivity index (χ1n) is 16.1. The van der Waals surface area contributed by atoms with E-state index in [2.05, 4.69) is 11.9 Å². The summed E-state index contributed by atoms with van der Waals surface area (Å²) in [7, 11) is 1.48. The van der Waals surface area contributed by atoms with Crippen LogP contribution in [0.25, 0.3) is 0 Å². The average molecular weight is 689 g/mol. The summed E-state index contributed by atoms with van der Waals surface area (Å²) in [6.07, 6.45) is -0.439. The molecule has 16 nitrogen and oxygen atoms in total. The fourth-order valence-electron chi connectivity index (χ4n) is 4.77. The monoisotopic (exact) mass is 688 g/mol. The van der Waals surface area contributed by atoms with Gasteiger partial charge in [-0.3, -0.25) is 19.2 Å². The van der Waals surface area contributed by atoms with Crippen molar-refractivity contribution in [3.8, 4) is 0 Å². The van der Waals surface area contributed by atoms with Crippen molar-refractivity contribution in [1.29, 1.82) is 0 Å². The molecule has 1 aliphatic rings. The molecule has 4 atom stereocenters. The molecule has 0 bridgehead atoms. The summed E-state index contributed by atoms with van der Waals surface area (Å²) in [6, 6.07) is 0. The Bertz CT molecular complexity index is 1050. The van der Waals surface area contributed by atoms with Gasteiger partial charge in [0, 0.05) is 31.7 Å². The molecule has 4 unspecified atom stereocenters. The zero-order valence-corrected chi connectivity index (χ0v) is 28.5. The Morgan fingerprint density at radius 1 is 0.792 bits per heavy atom. The summed E-state index contributed by atoms with van der Waals surface area (Å²) < 4.78 is 36.0. The predicted molar refractivity (Wildman–Crippen MR) is 168 cm³/mol. The number of alkyl carbamates (subject to hydrolysis) is 1. The Morgan fingerprint density at radius 3 is 1.98 bits per heavy atom. The maximum Gasteiger partial charge on any atom is 0.407 e. The van der Waals surface area contributed by atoms with Gasteiger partial charge in [0.25, 0.3) is 0 Å². The molecule has 0 aromatic rings. The third-order valence-corrected chi connectivity index (χ3v) is 7.39. The molecule has 0 aromatic carbocycles. The van der Waals surface area contributed by atoms with Crippen molar-refractivity contribution >= 4 is 35.9 Å². The Hall–Kier alpha value is -3.76. The van der Waals surface area contributed by atoms with E-state index < -0.39 is 53.6 Å². The molecule has 48 heavy (non-hydrogen) atoms. The molecule has 16 heteroatoms. The minimum absolute atomic E-state index is 0.0127. The van der Waals surface area contributed by atoms with E-state index in [-0.39, 0.29) is 83.5 Å². The molecular formula is C32H52N2O14. The van der Waals surface area contributed by atoms with Gasteiger partial charge in [0.05, 0.1) is 50.7 Å². The molecule has 2 amide bonds. The summed E-state index contributed by atoms with van der Waals surface area (Å²) >= 11 is 0. The SMILES string of the molecule is C=C(C)C(=O)OCCNC(=O)OCCOC(=O)C(CC(C)C(=O)OCCO)CC(CC(CC)C(=O)OCCOC)C(=O)N1CCOCC1. The average Bonchev–Trinajstić information content (AvgIpc) is 3.08. The van der Waals surface area contributed by atoms with Gasteiger partial charge >= 0.3 is 30.0 Å². The van der Waals surface area contributed by atoms with Gasteiger partial charge in [-0.2, -0.15) is 0 Å². The van der Waals surface area contributed by atoms with Crippen LogP contribution in [0.5, 0.6) is 0 Å². The number of ether oxygens (including phenoxy) is 7. The van der Waals surface area contributed by atoms with Crippen molar-refractivity contribution in [2.75, 3.05) is 86.2 Å². The van der Waals surface area contributed by atoms with Crippen LogP contribution in [0.3, 0.4) is 0 Å². The Morgan fingerprint density at radius 2 is 1.38 bits per heavy atom. The number of amides is 2. The van der Waals surface area contributed by atoms with Crippen molar-refractivity contribution < 1.29 is 67.0 Å². The minimum Gasteiger partial charge on any atom is -0.463 e. The van der Waals surface area contributed by atoms with Gasteiger partial charge < -0.3 is 48.5 Å². The zero-order chi connectivity index (χ0) is 35.9. The highest BCUT2D eigenvalue weighted by Gasteiger charge is 2.36. The zero-order valence-electron chi connectivity index (χ0n) is 28.5. The Labute approximate surface area is 281 Å². The number of nitrogens with one attached hydrogen (secondary N) is 1. The number of hydrogen-bond donors (Lipinski definition) is 2. The van der Waals surface area contributed by atoms with E-state index in [0.29, 0.717) is 32.7 Å². The van der Waals surface area contributed by atoms with Crippen LogP contribution in [0.15, 0.2) is 12.2 Å². The molecule has 0 saturated carbocycles. The van der Waals surface area contributed by atoms with Gasteiger partial charge in [0.2, 0.25) is 5.91 Å². The third-order valence-electron chi connectivity index (χ3n) is 7.39. The normalized spacial score (nSPS) is 15.2. The minimum atomic E-state index is -0.976. The lowest BCUT2D eigenvalue weighted by atomic mass is 9.81. The van der Waals surface area contributed by atoms with E-state index >= 15 is 0 Å². The number of nitrogens with zero attached hydrogens (tertiary/aromatic N) is 1. The second-order valence-electron chi connectivity index (χ2n) is 11.2. The number of morpholine rings is 1. The molecule has 1 saturated heterocycles. The second kappa shape index (κ2) is 24.4. The van der Waals surface area contributed by atoms with Crippen LogP contribution in [0.2, 0.25) is 0 Å². The molecule has 2 N–H and O–H groups in total. The van der Waals surface area contributed by atoms with E-state index in [9.17, 15) is 28.8 Å². The van der Waals surface area contributed by atoms with Crippen LogP contribution in [-0.4, -0.2) is 132 Å². The highest BCUT2D eigenvalue weighted by atomic mass is 16.6. The van der Waals surface area contributed by atoms with Crippen molar-refractivity contribution in [3.63, 3.8) is 0 Å². The molecule has 0 aliphatic carbocycles. The number of aliphatic hydroxyl groups excluding tert-OH is 1. The van der Waals surface area contributed by atoms with Crippen LogP contribution < -0.4 is 5.32 Å². The topological polar surface area (TPSA) is 203 Å². The smallest absolute Gasteiger partial charge is 0.407 e. The van der Waals surface area contributed by atoms with Gasteiger partial charge in [0.15, 0.2) is 0 Å². The Kier molecular flexibility index (Phi) is 21.5. The van der Waals surface area contributed by atoms with Crippen molar-refractivity contribution in [3.05, 3.63) is 12.2 Å². The number of esters is 4. The standard InChI is InChI=1S/C32H52N2O14/c1-6-24(30(39)46-16-15-42-5)20-25(27(36)34-8-12-43-13-9-34)21-26(19-23(4)29(38)45-14-10-35)31(40)47-17-18-48-32(41)33-7-11-44-28(37)22(2)3/h23-26,35H,2,6-21H2,1,3-5H3,(H,33,41). The fourth-order valence-corrected chi connectivity index (χ4v) is 4.77. The third kappa shape index (κ3) is 16.9. The lowest BCUT2D eigenvalue weighted by molar-refractivity contribution is -0.155. The summed E-state index contributed by atoms with van der Waals surface area (Å²) in [5.74, 6) is -5.93. The molecule has 1 rings (SSSR count). The second-order valence-corrected chi connectivity index (χ2v) is 11.2. The number of carbonyl (C=O) groups is 6. The van der Waals surface area contributed by atoms with E-state index in [1.807, 2.05) is 0 Å². The number of aliphatic hydroxyl groups is 1. The molecule has 1 heterocycles. The van der Waals surface area contributed by atoms with Gasteiger partial charge in [-0.05, 0) is 32.6 Å². The fraction of sp³-hybridized carbons (Fsp3) is 0.750. The van der Waals surface area contributed by atoms with Gasteiger partial charge in [-0.1, -0.05) is 20.4 Å². The number of methoxy groups -OCH3 is 1. The lowest BCUT2D eigenvalue weighted by Gasteiger charge is -2.33. The van der Waals surface area contributed by atoms with Gasteiger partial charge in [-0.15, -0.1) is 0 Å². The first-order valence-corrected chi connectivity index (χ1v) is 16.1. The quantitative estimate of drug-likeness (QED) is 0.0667. The number of carbonyl (C=O) groups excluding carboxylic acids is 6. The predicted octanol–water partition coefficient (Wildman–Crippen LogP) is 1.02. The summed E-state index contributed by atoms with van der Waals surface area (Å²) in [4.78, 5) is 77.6. The van der Waals surface area contributed by atoms with Crippen molar-refractivity contribution in [1.82, 2.24) is 10.2 Å². The van der Waals surface area contributed by atoms with E-state index in [1.54, 1.807) is 18.7 Å². The van der Waals surface area contributed by atoms with Crippen LogP contribution >= 0.6 is 0 Å². The number of hydrogen-bond acceptors (Lipinski definition) is 14. The van der Waals surface area contributed by atoms with E-state index in [1.165, 1.54) is 14.0 Å². The maximum atomic E-state index is 13.8. The summed E-state index contributed by atoms with van der Waals surface area (Å²) in [5, 5.41) is 11.4. The van der Waals surface area contributed by atoms with Crippen molar-refractivity contribution in [2.45, 2.75) is 46.5 Å². The molecule has 0 radical (unpaired) electrons. The van der Waals surface area contributed by atoms with Crippen LogP contribution in [-0.2, 0) is 57.1 Å². The van der Waals surface area contributed by atoms with E-state index in [0.717, 1.165) is 0 Å². The van der Waals surface area contributed by atoms with Gasteiger partial charge in [-0.25, -0.2) is 9.59 Å². The molecule has 1 fully saturated rings. The van der Waals surface area contributed by atoms with Crippen LogP contribution in [0.4, 0.5) is 4.79 Å². The molecule has 1 aliphatic heterocycles. The molecular weight excluding hydrogens is 636 g/mol. The first-order chi connectivity index (χ1) is 22.9. The largest absolute Gasteiger partial charge is 0.463 e. The highest BCUT2D eigenvalue weighted by molar-refractivity contribution is 5.87. The number of rotatable bonds is 23.